The predicted molar refractivity (Wildman–Crippen MR) is 65.0 cm³/mol. The average molecular weight is 311 g/mol. The Morgan fingerprint density at radius 3 is 2.92 bits per heavy atom. The van der Waals surface area contributed by atoms with Crippen molar-refractivity contribution in [2.75, 3.05) is 6.61 Å². The lowest BCUT2D eigenvalue weighted by Gasteiger charge is -2.12. The van der Waals surface area contributed by atoms with Gasteiger partial charge in [0.2, 0.25) is 0 Å². The molecule has 0 bridgehead atoms. The van der Waals surface area contributed by atoms with E-state index in [9.17, 15) is 0 Å². The van der Waals surface area contributed by atoms with Gasteiger partial charge in [-0.15, -0.1) is 11.3 Å². The van der Waals surface area contributed by atoms with E-state index in [1.54, 1.807) is 11.3 Å². The minimum Gasteiger partial charge on any atom is -0.395 e. The summed E-state index contributed by atoms with van der Waals surface area (Å²) in [5, 5.41) is 14.4. The van der Waals surface area contributed by atoms with Crippen LogP contribution in [-0.2, 0) is 6.54 Å². The fraction of sp³-hybridized carbons (Fsp3) is 0.556. The number of aliphatic hydroxyl groups excluding tert-OH is 1. The molecule has 74 valence electrons. The Labute approximate surface area is 96.5 Å². The zero-order chi connectivity index (χ0) is 9.68. The van der Waals surface area contributed by atoms with Gasteiger partial charge >= 0.3 is 0 Å². The fourth-order valence-corrected chi connectivity index (χ4v) is 2.69. The lowest BCUT2D eigenvalue weighted by molar-refractivity contribution is 0.238. The third-order valence-electron chi connectivity index (χ3n) is 1.90. The van der Waals surface area contributed by atoms with E-state index in [-0.39, 0.29) is 12.6 Å². The quantitative estimate of drug-likeness (QED) is 0.817. The maximum absolute atomic E-state index is 8.95. The Balaban J connectivity index is 2.33. The first kappa shape index (κ1) is 11.4. The SMILES string of the molecule is CCC(CO)NCc1cc(I)cs1. The van der Waals surface area contributed by atoms with Gasteiger partial charge in [-0.25, -0.2) is 0 Å². The molecule has 2 N–H and O–H groups in total. The molecule has 0 aliphatic carbocycles. The van der Waals surface area contributed by atoms with Gasteiger partial charge in [-0.1, -0.05) is 6.92 Å². The van der Waals surface area contributed by atoms with Crippen LogP contribution in [0, 0.1) is 3.57 Å². The number of halogens is 1. The normalized spacial score (nSPS) is 13.2. The van der Waals surface area contributed by atoms with Crippen molar-refractivity contribution in [3.05, 3.63) is 19.9 Å². The van der Waals surface area contributed by atoms with Gasteiger partial charge in [0, 0.05) is 26.4 Å². The van der Waals surface area contributed by atoms with Crippen LogP contribution in [0.2, 0.25) is 0 Å². The molecule has 1 heterocycles. The molecular weight excluding hydrogens is 297 g/mol. The molecule has 1 unspecified atom stereocenters. The lowest BCUT2D eigenvalue weighted by atomic mass is 10.2. The number of thiophene rings is 1. The second-order valence-corrected chi connectivity index (χ2v) is 5.14. The second kappa shape index (κ2) is 5.95. The highest BCUT2D eigenvalue weighted by Gasteiger charge is 2.04. The molecule has 0 saturated carbocycles. The smallest absolute Gasteiger partial charge is 0.0584 e. The van der Waals surface area contributed by atoms with E-state index in [1.807, 2.05) is 0 Å². The van der Waals surface area contributed by atoms with Gasteiger partial charge < -0.3 is 10.4 Å². The summed E-state index contributed by atoms with van der Waals surface area (Å²) in [5.41, 5.74) is 0. The number of hydrogen-bond donors (Lipinski definition) is 2. The van der Waals surface area contributed by atoms with Crippen molar-refractivity contribution in [2.45, 2.75) is 25.9 Å². The van der Waals surface area contributed by atoms with Gasteiger partial charge in [-0.2, -0.15) is 0 Å². The third-order valence-corrected chi connectivity index (χ3v) is 3.88. The highest BCUT2D eigenvalue weighted by atomic mass is 127. The van der Waals surface area contributed by atoms with Crippen molar-refractivity contribution in [3.63, 3.8) is 0 Å². The highest BCUT2D eigenvalue weighted by molar-refractivity contribution is 14.1. The van der Waals surface area contributed by atoms with E-state index in [0.29, 0.717) is 0 Å². The van der Waals surface area contributed by atoms with Crippen LogP contribution in [0.3, 0.4) is 0 Å². The number of hydrogen-bond acceptors (Lipinski definition) is 3. The van der Waals surface area contributed by atoms with E-state index < -0.39 is 0 Å². The Morgan fingerprint density at radius 2 is 2.46 bits per heavy atom. The summed E-state index contributed by atoms with van der Waals surface area (Å²) in [6.07, 6.45) is 0.971. The first-order valence-corrected chi connectivity index (χ1v) is 6.29. The van der Waals surface area contributed by atoms with Gasteiger partial charge in [0.15, 0.2) is 0 Å². The first-order chi connectivity index (χ1) is 6.26. The minimum atomic E-state index is 0.221. The van der Waals surface area contributed by atoms with Gasteiger partial charge in [0.1, 0.15) is 0 Å². The van der Waals surface area contributed by atoms with Crippen molar-refractivity contribution in [1.29, 1.82) is 0 Å². The van der Waals surface area contributed by atoms with Gasteiger partial charge in [0.25, 0.3) is 0 Å². The molecule has 2 nitrogen and oxygen atoms in total. The largest absolute Gasteiger partial charge is 0.395 e. The Bertz CT molecular complexity index is 248. The van der Waals surface area contributed by atoms with Crippen LogP contribution in [-0.4, -0.2) is 17.8 Å². The first-order valence-electron chi connectivity index (χ1n) is 4.33. The summed E-state index contributed by atoms with van der Waals surface area (Å²) >= 11 is 4.07. The molecule has 1 aromatic rings. The van der Waals surface area contributed by atoms with Crippen LogP contribution < -0.4 is 5.32 Å². The fourth-order valence-electron chi connectivity index (χ4n) is 1.03. The maximum Gasteiger partial charge on any atom is 0.0584 e. The molecule has 0 fully saturated rings. The lowest BCUT2D eigenvalue weighted by Crippen LogP contribution is -2.30. The molecule has 0 spiro atoms. The molecule has 0 aliphatic rings. The van der Waals surface area contributed by atoms with Gasteiger partial charge in [0.05, 0.1) is 6.61 Å². The summed E-state index contributed by atoms with van der Waals surface area (Å²) in [5.74, 6) is 0. The monoisotopic (exact) mass is 311 g/mol. The molecule has 1 rings (SSSR count). The van der Waals surface area contributed by atoms with Crippen LogP contribution in [0.5, 0.6) is 0 Å². The highest BCUT2D eigenvalue weighted by Crippen LogP contribution is 2.16. The summed E-state index contributed by atoms with van der Waals surface area (Å²) in [7, 11) is 0. The van der Waals surface area contributed by atoms with E-state index >= 15 is 0 Å². The molecular formula is C9H14INOS. The van der Waals surface area contributed by atoms with Crippen LogP contribution in [0.15, 0.2) is 11.4 Å². The van der Waals surface area contributed by atoms with Crippen molar-refractivity contribution in [3.8, 4) is 0 Å². The van der Waals surface area contributed by atoms with Gasteiger partial charge in [-0.05, 0) is 35.1 Å². The summed E-state index contributed by atoms with van der Waals surface area (Å²) < 4.78 is 1.29. The van der Waals surface area contributed by atoms with Crippen LogP contribution in [0.1, 0.15) is 18.2 Å². The third kappa shape index (κ3) is 3.93. The van der Waals surface area contributed by atoms with E-state index in [2.05, 4.69) is 46.3 Å². The van der Waals surface area contributed by atoms with Crippen molar-refractivity contribution in [2.24, 2.45) is 0 Å². The summed E-state index contributed by atoms with van der Waals surface area (Å²) in [6, 6.07) is 2.40. The van der Waals surface area contributed by atoms with E-state index in [1.165, 1.54) is 8.45 Å². The molecule has 4 heteroatoms. The molecule has 0 aromatic carbocycles. The molecule has 13 heavy (non-hydrogen) atoms. The standard InChI is InChI=1S/C9H14INOS/c1-2-8(5-12)11-4-9-3-7(10)6-13-9/h3,6,8,11-12H,2,4-5H2,1H3. The molecule has 1 aromatic heterocycles. The zero-order valence-electron chi connectivity index (χ0n) is 7.59. The topological polar surface area (TPSA) is 32.3 Å². The zero-order valence-corrected chi connectivity index (χ0v) is 10.6. The number of aliphatic hydroxyl groups is 1. The summed E-state index contributed by atoms with van der Waals surface area (Å²) in [4.78, 5) is 1.33. The van der Waals surface area contributed by atoms with Crippen molar-refractivity contribution >= 4 is 33.9 Å². The van der Waals surface area contributed by atoms with Crippen LogP contribution >= 0.6 is 33.9 Å². The molecule has 0 aliphatic heterocycles. The average Bonchev–Trinajstić information content (AvgIpc) is 2.53. The number of rotatable bonds is 5. The molecule has 0 amide bonds. The predicted octanol–water partition coefficient (Wildman–Crippen LogP) is 2.21. The van der Waals surface area contributed by atoms with Crippen LogP contribution in [0.4, 0.5) is 0 Å². The van der Waals surface area contributed by atoms with Crippen LogP contribution in [0.25, 0.3) is 0 Å². The Kier molecular flexibility index (Phi) is 5.23. The summed E-state index contributed by atoms with van der Waals surface area (Å²) in [6.45, 7) is 3.16. The molecule has 0 radical (unpaired) electrons. The molecule has 0 saturated heterocycles. The maximum atomic E-state index is 8.95. The van der Waals surface area contributed by atoms with E-state index in [4.69, 9.17) is 5.11 Å². The van der Waals surface area contributed by atoms with Crippen molar-refractivity contribution < 1.29 is 5.11 Å². The second-order valence-electron chi connectivity index (χ2n) is 2.90. The van der Waals surface area contributed by atoms with Crippen molar-refractivity contribution in [1.82, 2.24) is 5.32 Å². The Hall–Kier alpha value is 0.350. The Morgan fingerprint density at radius 1 is 1.69 bits per heavy atom. The van der Waals surface area contributed by atoms with E-state index in [0.717, 1.165) is 13.0 Å². The number of nitrogens with one attached hydrogen (secondary N) is 1. The molecule has 1 atom stereocenters. The minimum absolute atomic E-state index is 0.221. The van der Waals surface area contributed by atoms with Gasteiger partial charge in [-0.3, -0.25) is 0 Å².